The van der Waals surface area contributed by atoms with Crippen molar-refractivity contribution in [2.45, 2.75) is 29.4 Å². The summed E-state index contributed by atoms with van der Waals surface area (Å²) in [6.45, 7) is 1.31. The molecule has 28 heavy (non-hydrogen) atoms. The van der Waals surface area contributed by atoms with Crippen molar-refractivity contribution in [2.75, 3.05) is 19.6 Å². The van der Waals surface area contributed by atoms with Crippen LogP contribution in [0.5, 0.6) is 0 Å². The topological polar surface area (TPSA) is 92.5 Å². The second-order valence-corrected chi connectivity index (χ2v) is 9.72. The largest absolute Gasteiger partial charge is 0.440 e. The minimum absolute atomic E-state index is 0.0605. The average molecular weight is 420 g/mol. The van der Waals surface area contributed by atoms with Crippen LogP contribution in [-0.4, -0.2) is 43.8 Å². The van der Waals surface area contributed by atoms with Crippen LogP contribution in [0.15, 0.2) is 50.4 Å². The van der Waals surface area contributed by atoms with Crippen molar-refractivity contribution >= 4 is 38.4 Å². The number of para-hydroxylation sites is 2. The monoisotopic (exact) mass is 419 g/mol. The Hall–Kier alpha value is -2.23. The van der Waals surface area contributed by atoms with Gasteiger partial charge in [0.05, 0.1) is 5.92 Å². The Kier molecular flexibility index (Phi) is 5.47. The van der Waals surface area contributed by atoms with E-state index in [1.807, 2.05) is 24.3 Å². The van der Waals surface area contributed by atoms with Gasteiger partial charge in [-0.05, 0) is 36.4 Å². The second-order valence-electron chi connectivity index (χ2n) is 6.78. The minimum atomic E-state index is -3.54. The van der Waals surface area contributed by atoms with Crippen LogP contribution >= 0.6 is 11.3 Å². The van der Waals surface area contributed by atoms with Crippen molar-refractivity contribution in [3.05, 3.63) is 47.7 Å². The van der Waals surface area contributed by atoms with Gasteiger partial charge in [0.1, 0.15) is 9.73 Å². The number of nitrogens with zero attached hydrogens (tertiary/aromatic N) is 2. The quantitative estimate of drug-likeness (QED) is 0.663. The van der Waals surface area contributed by atoms with E-state index in [2.05, 4.69) is 9.71 Å². The molecule has 1 N–H and O–H groups in total. The average Bonchev–Trinajstić information content (AvgIpc) is 3.38. The molecule has 0 bridgehead atoms. The van der Waals surface area contributed by atoms with Crippen molar-refractivity contribution in [2.24, 2.45) is 0 Å². The fraction of sp³-hybridized carbons (Fsp3) is 0.368. The molecule has 1 aromatic carbocycles. The van der Waals surface area contributed by atoms with Crippen LogP contribution in [0.3, 0.4) is 0 Å². The molecule has 0 aliphatic carbocycles. The summed E-state index contributed by atoms with van der Waals surface area (Å²) in [6, 6.07) is 10.9. The molecule has 1 aliphatic rings. The van der Waals surface area contributed by atoms with Crippen LogP contribution < -0.4 is 4.72 Å². The van der Waals surface area contributed by atoms with Gasteiger partial charge in [-0.15, -0.1) is 11.3 Å². The number of carbonyl (C=O) groups excluding carboxylic acids is 1. The summed E-state index contributed by atoms with van der Waals surface area (Å²) in [7, 11) is -3.54. The van der Waals surface area contributed by atoms with E-state index in [1.165, 1.54) is 0 Å². The van der Waals surface area contributed by atoms with Gasteiger partial charge in [-0.25, -0.2) is 18.1 Å². The number of amides is 1. The lowest BCUT2D eigenvalue weighted by Crippen LogP contribution is -2.40. The lowest BCUT2D eigenvalue weighted by atomic mass is 9.97. The molecule has 3 heterocycles. The van der Waals surface area contributed by atoms with Crippen LogP contribution in [0.2, 0.25) is 0 Å². The highest BCUT2D eigenvalue weighted by molar-refractivity contribution is 7.91. The van der Waals surface area contributed by atoms with Gasteiger partial charge in [-0.3, -0.25) is 4.79 Å². The maximum Gasteiger partial charge on any atom is 0.250 e. The van der Waals surface area contributed by atoms with E-state index < -0.39 is 10.0 Å². The number of carbonyl (C=O) groups is 1. The molecule has 0 unspecified atom stereocenters. The zero-order chi connectivity index (χ0) is 19.6. The van der Waals surface area contributed by atoms with Crippen molar-refractivity contribution in [3.8, 4) is 0 Å². The number of oxazole rings is 1. The van der Waals surface area contributed by atoms with E-state index in [0.29, 0.717) is 19.0 Å². The summed E-state index contributed by atoms with van der Waals surface area (Å²) in [5, 5.41) is 1.71. The number of benzene rings is 1. The molecule has 7 nitrogen and oxygen atoms in total. The number of rotatable bonds is 6. The highest BCUT2D eigenvalue weighted by Gasteiger charge is 2.28. The molecule has 1 atom stereocenters. The molecule has 1 fully saturated rings. The maximum absolute atomic E-state index is 12.6. The third-order valence-electron chi connectivity index (χ3n) is 4.82. The van der Waals surface area contributed by atoms with Crippen LogP contribution in [0.25, 0.3) is 11.1 Å². The van der Waals surface area contributed by atoms with Crippen molar-refractivity contribution in [1.82, 2.24) is 14.6 Å². The molecule has 4 rings (SSSR count). The first-order chi connectivity index (χ1) is 13.5. The Morgan fingerprint density at radius 3 is 2.93 bits per heavy atom. The molecule has 3 aromatic rings. The number of aromatic nitrogens is 1. The van der Waals surface area contributed by atoms with Crippen LogP contribution in [0.4, 0.5) is 0 Å². The van der Waals surface area contributed by atoms with Gasteiger partial charge in [-0.2, -0.15) is 0 Å². The lowest BCUT2D eigenvalue weighted by Gasteiger charge is -2.31. The number of hydrogen-bond donors (Lipinski definition) is 1. The summed E-state index contributed by atoms with van der Waals surface area (Å²) in [5.74, 6) is 0.666. The number of sulfonamides is 1. The number of thiophene rings is 1. The van der Waals surface area contributed by atoms with Gasteiger partial charge >= 0.3 is 0 Å². The van der Waals surface area contributed by atoms with E-state index in [0.717, 1.165) is 35.3 Å². The predicted molar refractivity (Wildman–Crippen MR) is 107 cm³/mol. The van der Waals surface area contributed by atoms with Gasteiger partial charge in [0.25, 0.3) is 0 Å². The first kappa shape index (κ1) is 19.1. The molecule has 0 spiro atoms. The smallest absolute Gasteiger partial charge is 0.250 e. The molecular weight excluding hydrogens is 398 g/mol. The van der Waals surface area contributed by atoms with Crippen LogP contribution in [-0.2, 0) is 14.8 Å². The van der Waals surface area contributed by atoms with Gasteiger partial charge in [0.2, 0.25) is 15.9 Å². The Balaban J connectivity index is 1.34. The number of hydrogen-bond acceptors (Lipinski definition) is 6. The molecule has 1 amide bonds. The third-order valence-corrected chi connectivity index (χ3v) is 7.68. The SMILES string of the molecule is O=C(CCNS(=O)(=O)c1cccs1)N1CCC[C@H](c2nc3ccccc3o2)C1. The Morgan fingerprint density at radius 2 is 2.14 bits per heavy atom. The standard InChI is InChI=1S/C19H21N3O4S2/c23-17(9-10-20-28(24,25)18-8-4-12-27-18)22-11-3-5-14(13-22)19-21-15-6-1-2-7-16(15)26-19/h1-2,4,6-8,12,14,20H,3,5,9-11,13H2/t14-/m0/s1. The fourth-order valence-corrected chi connectivity index (χ4v) is 5.48. The molecule has 1 saturated heterocycles. The van der Waals surface area contributed by atoms with E-state index in [1.54, 1.807) is 22.4 Å². The molecular formula is C19H21N3O4S2. The van der Waals surface area contributed by atoms with E-state index >= 15 is 0 Å². The van der Waals surface area contributed by atoms with Gasteiger partial charge in [0, 0.05) is 26.1 Å². The first-order valence-electron chi connectivity index (χ1n) is 9.19. The number of piperidine rings is 1. The summed E-state index contributed by atoms with van der Waals surface area (Å²) < 4.78 is 32.9. The zero-order valence-electron chi connectivity index (χ0n) is 15.2. The highest BCUT2D eigenvalue weighted by atomic mass is 32.2. The third kappa shape index (κ3) is 4.11. The van der Waals surface area contributed by atoms with Crippen molar-refractivity contribution in [1.29, 1.82) is 0 Å². The summed E-state index contributed by atoms with van der Waals surface area (Å²) in [5.41, 5.74) is 1.58. The van der Waals surface area contributed by atoms with Crippen LogP contribution in [0.1, 0.15) is 31.1 Å². The Morgan fingerprint density at radius 1 is 1.29 bits per heavy atom. The van der Waals surface area contributed by atoms with Crippen LogP contribution in [0, 0.1) is 0 Å². The normalized spacial score (nSPS) is 17.9. The predicted octanol–water partition coefficient (Wildman–Crippen LogP) is 2.96. The number of fused-ring (bicyclic) bond motifs is 1. The maximum atomic E-state index is 12.6. The summed E-state index contributed by atoms with van der Waals surface area (Å²) >= 11 is 1.15. The Bertz CT molecular complexity index is 1030. The molecule has 0 saturated carbocycles. The number of nitrogens with one attached hydrogen (secondary N) is 1. The van der Waals surface area contributed by atoms with E-state index in [-0.39, 0.29) is 29.0 Å². The second kappa shape index (κ2) is 8.02. The lowest BCUT2D eigenvalue weighted by molar-refractivity contribution is -0.132. The minimum Gasteiger partial charge on any atom is -0.440 e. The Labute approximate surface area is 167 Å². The first-order valence-corrected chi connectivity index (χ1v) is 11.6. The molecule has 0 radical (unpaired) electrons. The summed E-state index contributed by atoms with van der Waals surface area (Å²) in [6.07, 6.45) is 1.92. The van der Waals surface area contributed by atoms with Gasteiger partial charge < -0.3 is 9.32 Å². The fourth-order valence-electron chi connectivity index (χ4n) is 3.41. The molecule has 148 valence electrons. The highest BCUT2D eigenvalue weighted by Crippen LogP contribution is 2.29. The zero-order valence-corrected chi connectivity index (χ0v) is 16.8. The van der Waals surface area contributed by atoms with Crippen molar-refractivity contribution in [3.63, 3.8) is 0 Å². The van der Waals surface area contributed by atoms with Gasteiger partial charge in [-0.1, -0.05) is 18.2 Å². The molecule has 2 aromatic heterocycles. The molecule has 1 aliphatic heterocycles. The van der Waals surface area contributed by atoms with E-state index in [9.17, 15) is 13.2 Å². The number of likely N-dealkylation sites (tertiary alicyclic amines) is 1. The van der Waals surface area contributed by atoms with Gasteiger partial charge in [0.15, 0.2) is 11.5 Å². The molecule has 9 heteroatoms. The van der Waals surface area contributed by atoms with E-state index in [4.69, 9.17) is 4.42 Å². The van der Waals surface area contributed by atoms with Crippen molar-refractivity contribution < 1.29 is 17.6 Å². The summed E-state index contributed by atoms with van der Waals surface area (Å²) in [4.78, 5) is 18.9.